The second-order valence-corrected chi connectivity index (χ2v) is 6.30. The predicted molar refractivity (Wildman–Crippen MR) is 72.1 cm³/mol. The Morgan fingerprint density at radius 2 is 1.82 bits per heavy atom. The van der Waals surface area contributed by atoms with Crippen LogP contribution < -0.4 is 5.32 Å². The van der Waals surface area contributed by atoms with Gasteiger partial charge in [-0.15, -0.1) is 0 Å². The van der Waals surface area contributed by atoms with Crippen LogP contribution in [-0.2, 0) is 0 Å². The van der Waals surface area contributed by atoms with Crippen molar-refractivity contribution in [2.24, 2.45) is 5.92 Å². The Labute approximate surface area is 106 Å². The van der Waals surface area contributed by atoms with Gasteiger partial charge >= 0.3 is 0 Å². The van der Waals surface area contributed by atoms with Gasteiger partial charge in [-0.05, 0) is 31.6 Å². The quantitative estimate of drug-likeness (QED) is 0.697. The first-order valence-corrected chi connectivity index (χ1v) is 7.67. The van der Waals surface area contributed by atoms with E-state index in [1.54, 1.807) is 0 Å². The molecular weight excluding hydrogens is 210 g/mol. The lowest BCUT2D eigenvalue weighted by molar-refractivity contribution is 0.0222. The summed E-state index contributed by atoms with van der Waals surface area (Å²) in [7, 11) is 0. The Bertz CT molecular complexity index is 217. The summed E-state index contributed by atoms with van der Waals surface area (Å²) in [6.07, 6.45) is 12.4. The minimum atomic E-state index is -0.409. The highest BCUT2D eigenvalue weighted by Crippen LogP contribution is 2.34. The van der Waals surface area contributed by atoms with Crippen LogP contribution in [0.5, 0.6) is 0 Å². The van der Waals surface area contributed by atoms with Crippen LogP contribution in [0.2, 0.25) is 0 Å². The summed E-state index contributed by atoms with van der Waals surface area (Å²) in [5.74, 6) is 0.983. The second kappa shape index (κ2) is 6.19. The molecule has 0 amide bonds. The number of rotatable bonds is 6. The number of hydrogen-bond acceptors (Lipinski definition) is 2. The maximum absolute atomic E-state index is 10.6. The summed E-state index contributed by atoms with van der Waals surface area (Å²) < 4.78 is 0. The molecule has 0 saturated heterocycles. The average Bonchev–Trinajstić information content (AvgIpc) is 3.13. The van der Waals surface area contributed by atoms with Crippen LogP contribution in [0, 0.1) is 5.92 Å². The van der Waals surface area contributed by atoms with Gasteiger partial charge in [0.25, 0.3) is 0 Å². The highest BCUT2D eigenvalue weighted by molar-refractivity contribution is 4.86. The molecule has 2 rings (SSSR count). The van der Waals surface area contributed by atoms with E-state index in [9.17, 15) is 5.11 Å². The summed E-state index contributed by atoms with van der Waals surface area (Å²) in [5, 5.41) is 14.2. The second-order valence-electron chi connectivity index (χ2n) is 6.30. The van der Waals surface area contributed by atoms with Crippen molar-refractivity contribution in [3.63, 3.8) is 0 Å². The summed E-state index contributed by atoms with van der Waals surface area (Å²) in [6.45, 7) is 3.08. The van der Waals surface area contributed by atoms with Gasteiger partial charge in [0.1, 0.15) is 0 Å². The van der Waals surface area contributed by atoms with Gasteiger partial charge in [-0.2, -0.15) is 0 Å². The molecule has 1 unspecified atom stereocenters. The molecule has 2 fully saturated rings. The first-order valence-electron chi connectivity index (χ1n) is 7.67. The molecule has 0 radical (unpaired) electrons. The van der Waals surface area contributed by atoms with Crippen molar-refractivity contribution < 1.29 is 5.11 Å². The fraction of sp³-hybridized carbons (Fsp3) is 1.00. The SMILES string of the molecule is CCC(CC1CC1)NCC1(O)CCCCCC1. The summed E-state index contributed by atoms with van der Waals surface area (Å²) in [4.78, 5) is 0. The Kier molecular flexibility index (Phi) is 4.87. The van der Waals surface area contributed by atoms with Crippen molar-refractivity contribution in [2.45, 2.75) is 82.8 Å². The van der Waals surface area contributed by atoms with Crippen LogP contribution in [0.25, 0.3) is 0 Å². The zero-order chi connectivity index (χ0) is 12.1. The minimum Gasteiger partial charge on any atom is -0.389 e. The third kappa shape index (κ3) is 4.59. The molecule has 0 heterocycles. The first kappa shape index (κ1) is 13.4. The molecule has 2 nitrogen and oxygen atoms in total. The average molecular weight is 239 g/mol. The van der Waals surface area contributed by atoms with Gasteiger partial charge in [0, 0.05) is 12.6 Å². The van der Waals surface area contributed by atoms with Crippen LogP contribution >= 0.6 is 0 Å². The monoisotopic (exact) mass is 239 g/mol. The molecule has 0 aromatic rings. The maximum Gasteiger partial charge on any atom is 0.0771 e. The summed E-state index contributed by atoms with van der Waals surface area (Å²) in [6, 6.07) is 0.634. The van der Waals surface area contributed by atoms with E-state index < -0.39 is 5.60 Å². The van der Waals surface area contributed by atoms with Crippen molar-refractivity contribution in [1.29, 1.82) is 0 Å². The molecule has 100 valence electrons. The Morgan fingerprint density at radius 1 is 1.18 bits per heavy atom. The van der Waals surface area contributed by atoms with Crippen LogP contribution in [-0.4, -0.2) is 23.3 Å². The van der Waals surface area contributed by atoms with Gasteiger partial charge in [-0.25, -0.2) is 0 Å². The van der Waals surface area contributed by atoms with Gasteiger partial charge < -0.3 is 10.4 Å². The van der Waals surface area contributed by atoms with Crippen molar-refractivity contribution in [1.82, 2.24) is 5.32 Å². The molecule has 2 aliphatic carbocycles. The topological polar surface area (TPSA) is 32.3 Å². The van der Waals surface area contributed by atoms with E-state index in [1.807, 2.05) is 0 Å². The van der Waals surface area contributed by atoms with Gasteiger partial charge in [0.05, 0.1) is 5.60 Å². The fourth-order valence-corrected chi connectivity index (χ4v) is 3.05. The molecule has 1 atom stereocenters. The van der Waals surface area contributed by atoms with E-state index in [2.05, 4.69) is 12.2 Å². The molecule has 0 aliphatic heterocycles. The molecule has 0 aromatic carbocycles. The van der Waals surface area contributed by atoms with E-state index in [4.69, 9.17) is 0 Å². The highest BCUT2D eigenvalue weighted by Gasteiger charge is 2.30. The van der Waals surface area contributed by atoms with E-state index in [0.29, 0.717) is 6.04 Å². The van der Waals surface area contributed by atoms with E-state index in [1.165, 1.54) is 51.4 Å². The summed E-state index contributed by atoms with van der Waals surface area (Å²) >= 11 is 0. The van der Waals surface area contributed by atoms with Crippen LogP contribution in [0.1, 0.15) is 71.1 Å². The number of aliphatic hydroxyl groups is 1. The third-order valence-corrected chi connectivity index (χ3v) is 4.56. The molecule has 0 spiro atoms. The van der Waals surface area contributed by atoms with Crippen LogP contribution in [0.3, 0.4) is 0 Å². The zero-order valence-electron chi connectivity index (χ0n) is 11.4. The smallest absolute Gasteiger partial charge is 0.0771 e. The van der Waals surface area contributed by atoms with Crippen molar-refractivity contribution in [2.75, 3.05) is 6.54 Å². The normalized spacial score (nSPS) is 26.5. The number of hydrogen-bond donors (Lipinski definition) is 2. The van der Waals surface area contributed by atoms with E-state index in [0.717, 1.165) is 25.3 Å². The predicted octanol–water partition coefficient (Wildman–Crippen LogP) is 3.24. The molecule has 0 aromatic heterocycles. The van der Waals surface area contributed by atoms with Crippen LogP contribution in [0.15, 0.2) is 0 Å². The lowest BCUT2D eigenvalue weighted by Crippen LogP contribution is -2.44. The largest absolute Gasteiger partial charge is 0.389 e. The van der Waals surface area contributed by atoms with Gasteiger partial charge in [0.2, 0.25) is 0 Å². The van der Waals surface area contributed by atoms with Gasteiger partial charge in [0.15, 0.2) is 0 Å². The summed E-state index contributed by atoms with van der Waals surface area (Å²) in [5.41, 5.74) is -0.409. The molecule has 2 saturated carbocycles. The van der Waals surface area contributed by atoms with Crippen molar-refractivity contribution >= 4 is 0 Å². The lowest BCUT2D eigenvalue weighted by Gasteiger charge is -2.29. The van der Waals surface area contributed by atoms with E-state index >= 15 is 0 Å². The lowest BCUT2D eigenvalue weighted by atomic mass is 9.93. The van der Waals surface area contributed by atoms with E-state index in [-0.39, 0.29) is 0 Å². The van der Waals surface area contributed by atoms with Gasteiger partial charge in [-0.3, -0.25) is 0 Å². The Hall–Kier alpha value is -0.0800. The molecule has 2 N–H and O–H groups in total. The molecule has 2 heteroatoms. The van der Waals surface area contributed by atoms with Crippen molar-refractivity contribution in [3.8, 4) is 0 Å². The Balaban J connectivity index is 1.73. The number of nitrogens with one attached hydrogen (secondary N) is 1. The zero-order valence-corrected chi connectivity index (χ0v) is 11.4. The fourth-order valence-electron chi connectivity index (χ4n) is 3.05. The minimum absolute atomic E-state index is 0.409. The van der Waals surface area contributed by atoms with Crippen molar-refractivity contribution in [3.05, 3.63) is 0 Å². The first-order chi connectivity index (χ1) is 8.22. The molecule has 2 aliphatic rings. The molecule has 17 heavy (non-hydrogen) atoms. The molecule has 0 bridgehead atoms. The highest BCUT2D eigenvalue weighted by atomic mass is 16.3. The standard InChI is InChI=1S/C15H29NO/c1-2-14(11-13-7-8-13)16-12-15(17)9-5-3-4-6-10-15/h13-14,16-17H,2-12H2,1H3. The maximum atomic E-state index is 10.6. The van der Waals surface area contributed by atoms with Gasteiger partial charge in [-0.1, -0.05) is 45.4 Å². The molecular formula is C15H29NO. The third-order valence-electron chi connectivity index (χ3n) is 4.56. The Morgan fingerprint density at radius 3 is 2.35 bits per heavy atom. The van der Waals surface area contributed by atoms with Crippen LogP contribution in [0.4, 0.5) is 0 Å².